The van der Waals surface area contributed by atoms with E-state index < -0.39 is 5.91 Å². The molecule has 0 aliphatic carbocycles. The van der Waals surface area contributed by atoms with E-state index in [1.54, 1.807) is 49.6 Å². The molecular weight excluding hydrogens is 334 g/mol. The third-order valence-electron chi connectivity index (χ3n) is 3.26. The minimum absolute atomic E-state index is 0.247. The van der Waals surface area contributed by atoms with Crippen molar-refractivity contribution in [3.63, 3.8) is 0 Å². The quantitative estimate of drug-likeness (QED) is 0.581. The fraction of sp³-hybridized carbons (Fsp3) is 0.211. The number of carbonyl (C=O) groups is 1. The third-order valence-corrected chi connectivity index (χ3v) is 3.26. The van der Waals surface area contributed by atoms with Gasteiger partial charge in [-0.05, 0) is 42.8 Å². The van der Waals surface area contributed by atoms with Gasteiger partial charge < -0.3 is 14.2 Å². The van der Waals surface area contributed by atoms with Gasteiger partial charge in [0.2, 0.25) is 0 Å². The molecule has 0 spiro atoms. The Kier molecular flexibility index (Phi) is 7.01. The van der Waals surface area contributed by atoms with E-state index in [4.69, 9.17) is 19.5 Å². The van der Waals surface area contributed by atoms with Gasteiger partial charge in [0.15, 0.2) is 18.1 Å². The molecule has 2 rings (SSSR count). The highest BCUT2D eigenvalue weighted by Gasteiger charge is 2.06. The van der Waals surface area contributed by atoms with Crippen molar-refractivity contribution in [3.8, 4) is 23.3 Å². The summed E-state index contributed by atoms with van der Waals surface area (Å²) in [5.74, 6) is 1.14. The highest BCUT2D eigenvalue weighted by Crippen LogP contribution is 2.27. The van der Waals surface area contributed by atoms with Gasteiger partial charge in [0.05, 0.1) is 25.5 Å². The van der Waals surface area contributed by atoms with Crippen LogP contribution in [0, 0.1) is 11.3 Å². The second kappa shape index (κ2) is 9.69. The van der Waals surface area contributed by atoms with Crippen LogP contribution in [0.2, 0.25) is 0 Å². The first-order valence-electron chi connectivity index (χ1n) is 7.92. The van der Waals surface area contributed by atoms with Gasteiger partial charge in [-0.2, -0.15) is 10.4 Å². The summed E-state index contributed by atoms with van der Waals surface area (Å²) >= 11 is 0. The molecule has 0 fully saturated rings. The number of para-hydroxylation sites is 1. The molecule has 0 radical (unpaired) electrons. The summed E-state index contributed by atoms with van der Waals surface area (Å²) in [6.07, 6.45) is 1.49. The summed E-state index contributed by atoms with van der Waals surface area (Å²) in [7, 11) is 1.57. The molecule has 1 amide bonds. The summed E-state index contributed by atoms with van der Waals surface area (Å²) in [5.41, 5.74) is 3.48. The zero-order valence-electron chi connectivity index (χ0n) is 14.6. The molecule has 2 aromatic rings. The van der Waals surface area contributed by atoms with Crippen LogP contribution in [0.25, 0.3) is 0 Å². The van der Waals surface area contributed by atoms with Crippen LogP contribution in [-0.4, -0.2) is 32.4 Å². The van der Waals surface area contributed by atoms with Crippen molar-refractivity contribution in [2.75, 3.05) is 20.3 Å². The summed E-state index contributed by atoms with van der Waals surface area (Å²) in [5, 5.41) is 12.9. The van der Waals surface area contributed by atoms with Crippen molar-refractivity contribution < 1.29 is 19.0 Å². The molecule has 0 aromatic heterocycles. The van der Waals surface area contributed by atoms with Gasteiger partial charge >= 0.3 is 0 Å². The molecule has 0 saturated carbocycles. The average Bonchev–Trinajstić information content (AvgIpc) is 2.67. The number of rotatable bonds is 8. The van der Waals surface area contributed by atoms with Crippen molar-refractivity contribution in [2.24, 2.45) is 5.10 Å². The molecule has 0 aliphatic rings. The minimum atomic E-state index is -0.437. The molecule has 0 saturated heterocycles. The molecular formula is C19H19N3O4. The molecule has 7 nitrogen and oxygen atoms in total. The SMILES string of the molecule is CCOc1cc(/C=N\NC(=O)COc2ccccc2C#N)ccc1OC. The van der Waals surface area contributed by atoms with Crippen LogP contribution in [0.1, 0.15) is 18.1 Å². The van der Waals surface area contributed by atoms with E-state index in [0.717, 1.165) is 5.56 Å². The van der Waals surface area contributed by atoms with Gasteiger partial charge in [-0.3, -0.25) is 4.79 Å². The summed E-state index contributed by atoms with van der Waals surface area (Å²) in [4.78, 5) is 11.8. The van der Waals surface area contributed by atoms with Crippen molar-refractivity contribution in [1.29, 1.82) is 5.26 Å². The first-order chi connectivity index (χ1) is 12.7. The van der Waals surface area contributed by atoms with Crippen LogP contribution < -0.4 is 19.6 Å². The number of nitrogens with one attached hydrogen (secondary N) is 1. The lowest BCUT2D eigenvalue weighted by Crippen LogP contribution is -2.24. The maximum Gasteiger partial charge on any atom is 0.277 e. The molecule has 26 heavy (non-hydrogen) atoms. The molecule has 134 valence electrons. The van der Waals surface area contributed by atoms with Gasteiger partial charge in [-0.15, -0.1) is 0 Å². The van der Waals surface area contributed by atoms with Crippen molar-refractivity contribution in [2.45, 2.75) is 6.92 Å². The summed E-state index contributed by atoms with van der Waals surface area (Å²) < 4.78 is 16.0. The Morgan fingerprint density at radius 2 is 2.00 bits per heavy atom. The van der Waals surface area contributed by atoms with Crippen LogP contribution in [0.4, 0.5) is 0 Å². The maximum absolute atomic E-state index is 11.8. The van der Waals surface area contributed by atoms with Crippen LogP contribution in [0.5, 0.6) is 17.2 Å². The number of benzene rings is 2. The molecule has 2 aromatic carbocycles. The van der Waals surface area contributed by atoms with E-state index in [9.17, 15) is 4.79 Å². The predicted octanol–water partition coefficient (Wildman–Crippen LogP) is 2.49. The van der Waals surface area contributed by atoms with E-state index in [2.05, 4.69) is 10.5 Å². The van der Waals surface area contributed by atoms with Crippen molar-refractivity contribution >= 4 is 12.1 Å². The van der Waals surface area contributed by atoms with E-state index >= 15 is 0 Å². The minimum Gasteiger partial charge on any atom is -0.493 e. The lowest BCUT2D eigenvalue weighted by molar-refractivity contribution is -0.123. The number of amides is 1. The van der Waals surface area contributed by atoms with E-state index in [0.29, 0.717) is 29.4 Å². The highest BCUT2D eigenvalue weighted by atomic mass is 16.5. The highest BCUT2D eigenvalue weighted by molar-refractivity contribution is 5.83. The molecule has 7 heteroatoms. The Hall–Kier alpha value is -3.53. The topological polar surface area (TPSA) is 92.9 Å². The monoisotopic (exact) mass is 353 g/mol. The number of methoxy groups -OCH3 is 1. The second-order valence-corrected chi connectivity index (χ2v) is 5.03. The van der Waals surface area contributed by atoms with Crippen LogP contribution in [0.15, 0.2) is 47.6 Å². The Morgan fingerprint density at radius 3 is 2.73 bits per heavy atom. The standard InChI is InChI=1S/C19H19N3O4/c1-3-25-18-10-14(8-9-17(18)24-2)12-21-22-19(23)13-26-16-7-5-4-6-15(16)11-20/h4-10,12H,3,13H2,1-2H3,(H,22,23)/b21-12-. The van der Waals surface area contributed by atoms with Gasteiger partial charge in [0.25, 0.3) is 5.91 Å². The number of ether oxygens (including phenoxy) is 3. The van der Waals surface area contributed by atoms with Gasteiger partial charge in [-0.1, -0.05) is 12.1 Å². The normalized spacial score (nSPS) is 10.2. The van der Waals surface area contributed by atoms with Crippen LogP contribution >= 0.6 is 0 Å². The smallest absolute Gasteiger partial charge is 0.277 e. The van der Waals surface area contributed by atoms with Crippen molar-refractivity contribution in [3.05, 3.63) is 53.6 Å². The lowest BCUT2D eigenvalue weighted by Gasteiger charge is -2.09. The zero-order valence-corrected chi connectivity index (χ0v) is 14.6. The van der Waals surface area contributed by atoms with Crippen LogP contribution in [-0.2, 0) is 4.79 Å². The Morgan fingerprint density at radius 1 is 1.19 bits per heavy atom. The average molecular weight is 353 g/mol. The lowest BCUT2D eigenvalue weighted by atomic mass is 10.2. The molecule has 0 bridgehead atoms. The molecule has 1 N–H and O–H groups in total. The zero-order chi connectivity index (χ0) is 18.8. The Balaban J connectivity index is 1.90. The van der Waals surface area contributed by atoms with E-state index in [1.807, 2.05) is 13.0 Å². The first-order valence-corrected chi connectivity index (χ1v) is 7.92. The number of hydrazone groups is 1. The number of carbonyl (C=O) groups excluding carboxylic acids is 1. The number of nitriles is 1. The fourth-order valence-electron chi connectivity index (χ4n) is 2.08. The molecule has 0 unspecified atom stereocenters. The predicted molar refractivity (Wildman–Crippen MR) is 96.6 cm³/mol. The van der Waals surface area contributed by atoms with Gasteiger partial charge in [0.1, 0.15) is 11.8 Å². The van der Waals surface area contributed by atoms with E-state index in [1.165, 1.54) is 6.21 Å². The Bertz CT molecular complexity index is 828. The van der Waals surface area contributed by atoms with Gasteiger partial charge in [0, 0.05) is 0 Å². The second-order valence-electron chi connectivity index (χ2n) is 5.03. The number of hydrogen-bond acceptors (Lipinski definition) is 6. The third kappa shape index (κ3) is 5.24. The Labute approximate surface area is 151 Å². The van der Waals surface area contributed by atoms with E-state index in [-0.39, 0.29) is 6.61 Å². The maximum atomic E-state index is 11.8. The summed E-state index contributed by atoms with van der Waals surface area (Å²) in [6, 6.07) is 14.0. The number of hydrogen-bond donors (Lipinski definition) is 1. The van der Waals surface area contributed by atoms with Gasteiger partial charge in [-0.25, -0.2) is 5.43 Å². The van der Waals surface area contributed by atoms with Crippen LogP contribution in [0.3, 0.4) is 0 Å². The largest absolute Gasteiger partial charge is 0.493 e. The van der Waals surface area contributed by atoms with Crippen molar-refractivity contribution in [1.82, 2.24) is 5.43 Å². The first kappa shape index (κ1) is 18.8. The molecule has 0 heterocycles. The molecule has 0 aliphatic heterocycles. The summed E-state index contributed by atoms with van der Waals surface area (Å²) in [6.45, 7) is 2.14. The fourth-order valence-corrected chi connectivity index (χ4v) is 2.08. The number of nitrogens with zero attached hydrogens (tertiary/aromatic N) is 2. The molecule has 0 atom stereocenters.